The first kappa shape index (κ1) is 12.2. The fourth-order valence-corrected chi connectivity index (χ4v) is 2.10. The molecular weight excluding hydrogens is 256 g/mol. The predicted octanol–water partition coefficient (Wildman–Crippen LogP) is 1.90. The summed E-state index contributed by atoms with van der Waals surface area (Å²) in [4.78, 5) is 25.3. The van der Waals surface area contributed by atoms with Gasteiger partial charge in [0.1, 0.15) is 5.75 Å². The highest BCUT2D eigenvalue weighted by Gasteiger charge is 2.35. The summed E-state index contributed by atoms with van der Waals surface area (Å²) in [5, 5.41) is 0. The monoisotopic (exact) mass is 268 g/mol. The van der Waals surface area contributed by atoms with Gasteiger partial charge in [0.2, 0.25) is 0 Å². The van der Waals surface area contributed by atoms with Crippen molar-refractivity contribution >= 4 is 17.5 Å². The van der Waals surface area contributed by atoms with Crippen LogP contribution in [0.3, 0.4) is 0 Å². The molecule has 5 nitrogen and oxygen atoms in total. The standard InChI is InChI=1S/C15H12N2O3/c16-10-4-3-5-11(8-10)20-9-17-14(18)12-6-1-2-7-13(12)15(17)19/h1-8H,9,16H2. The molecule has 0 spiro atoms. The second kappa shape index (κ2) is 4.70. The van der Waals surface area contributed by atoms with Crippen LogP contribution in [-0.2, 0) is 0 Å². The molecule has 1 aliphatic heterocycles. The minimum Gasteiger partial charge on any atom is -0.472 e. The molecule has 2 aromatic rings. The number of carbonyl (C=O) groups excluding carboxylic acids is 2. The van der Waals surface area contributed by atoms with Crippen LogP contribution in [0.2, 0.25) is 0 Å². The second-order valence-corrected chi connectivity index (χ2v) is 4.43. The van der Waals surface area contributed by atoms with Gasteiger partial charge in [-0.05, 0) is 24.3 Å². The highest BCUT2D eigenvalue weighted by Crippen LogP contribution is 2.23. The third-order valence-electron chi connectivity index (χ3n) is 3.10. The molecular formula is C15H12N2O3. The molecule has 2 N–H and O–H groups in total. The van der Waals surface area contributed by atoms with Crippen molar-refractivity contribution in [3.05, 3.63) is 59.7 Å². The summed E-state index contributed by atoms with van der Waals surface area (Å²) in [5.41, 5.74) is 7.02. The quantitative estimate of drug-likeness (QED) is 0.681. The van der Waals surface area contributed by atoms with Gasteiger partial charge < -0.3 is 10.5 Å². The third-order valence-corrected chi connectivity index (χ3v) is 3.10. The maximum Gasteiger partial charge on any atom is 0.264 e. The number of hydrogen-bond acceptors (Lipinski definition) is 4. The van der Waals surface area contributed by atoms with E-state index in [1.807, 2.05) is 0 Å². The van der Waals surface area contributed by atoms with E-state index in [0.717, 1.165) is 4.90 Å². The van der Waals surface area contributed by atoms with Crippen molar-refractivity contribution in [2.75, 3.05) is 12.5 Å². The van der Waals surface area contributed by atoms with Crippen LogP contribution >= 0.6 is 0 Å². The summed E-state index contributed by atoms with van der Waals surface area (Å²) >= 11 is 0. The van der Waals surface area contributed by atoms with Gasteiger partial charge in [-0.3, -0.25) is 9.59 Å². The highest BCUT2D eigenvalue weighted by molar-refractivity contribution is 6.21. The molecule has 0 atom stereocenters. The fraction of sp³-hybridized carbons (Fsp3) is 0.0667. The lowest BCUT2D eigenvalue weighted by Gasteiger charge is -2.15. The number of amides is 2. The lowest BCUT2D eigenvalue weighted by Crippen LogP contribution is -2.33. The molecule has 0 aliphatic carbocycles. The Bertz CT molecular complexity index is 662. The molecule has 0 bridgehead atoms. The van der Waals surface area contributed by atoms with Crippen molar-refractivity contribution in [3.8, 4) is 5.75 Å². The number of rotatable bonds is 3. The average Bonchev–Trinajstić information content (AvgIpc) is 2.70. The number of nitrogen functional groups attached to an aromatic ring is 1. The number of ether oxygens (including phenoxy) is 1. The van der Waals surface area contributed by atoms with Crippen LogP contribution in [0.1, 0.15) is 20.7 Å². The van der Waals surface area contributed by atoms with E-state index in [1.54, 1.807) is 48.5 Å². The first-order chi connectivity index (χ1) is 9.66. The van der Waals surface area contributed by atoms with Crippen molar-refractivity contribution in [1.82, 2.24) is 4.90 Å². The molecule has 0 aromatic heterocycles. The van der Waals surface area contributed by atoms with Crippen molar-refractivity contribution in [1.29, 1.82) is 0 Å². The maximum atomic E-state index is 12.1. The summed E-state index contributed by atoms with van der Waals surface area (Å²) in [6, 6.07) is 13.6. The van der Waals surface area contributed by atoms with Crippen molar-refractivity contribution in [2.24, 2.45) is 0 Å². The molecule has 0 fully saturated rings. The van der Waals surface area contributed by atoms with Gasteiger partial charge in [0.25, 0.3) is 11.8 Å². The smallest absolute Gasteiger partial charge is 0.264 e. The van der Waals surface area contributed by atoms with E-state index in [9.17, 15) is 9.59 Å². The van der Waals surface area contributed by atoms with Crippen LogP contribution < -0.4 is 10.5 Å². The lowest BCUT2D eigenvalue weighted by atomic mass is 10.1. The Morgan fingerprint density at radius 1 is 0.950 bits per heavy atom. The molecule has 0 radical (unpaired) electrons. The first-order valence-electron chi connectivity index (χ1n) is 6.10. The Morgan fingerprint density at radius 3 is 2.20 bits per heavy atom. The predicted molar refractivity (Wildman–Crippen MR) is 73.3 cm³/mol. The van der Waals surface area contributed by atoms with E-state index >= 15 is 0 Å². The summed E-state index contributed by atoms with van der Waals surface area (Å²) in [6.07, 6.45) is 0. The topological polar surface area (TPSA) is 72.6 Å². The number of nitrogens with two attached hydrogens (primary N) is 1. The Kier molecular flexibility index (Phi) is 2.87. The van der Waals surface area contributed by atoms with Crippen LogP contribution in [0.15, 0.2) is 48.5 Å². The lowest BCUT2D eigenvalue weighted by molar-refractivity contribution is 0.0522. The summed E-state index contributed by atoms with van der Waals surface area (Å²) in [5.74, 6) is -0.162. The average molecular weight is 268 g/mol. The van der Waals surface area contributed by atoms with E-state index in [2.05, 4.69) is 0 Å². The SMILES string of the molecule is Nc1cccc(OCN2C(=O)c3ccccc3C2=O)c1. The molecule has 0 saturated carbocycles. The van der Waals surface area contributed by atoms with E-state index in [4.69, 9.17) is 10.5 Å². The Morgan fingerprint density at radius 2 is 1.60 bits per heavy atom. The normalized spacial score (nSPS) is 13.5. The zero-order chi connectivity index (χ0) is 14.1. The number of hydrogen-bond donors (Lipinski definition) is 1. The zero-order valence-electron chi connectivity index (χ0n) is 10.6. The fourth-order valence-electron chi connectivity index (χ4n) is 2.10. The third kappa shape index (κ3) is 1.99. The number of fused-ring (bicyclic) bond motifs is 1. The van der Waals surface area contributed by atoms with Crippen molar-refractivity contribution in [3.63, 3.8) is 0 Å². The molecule has 3 rings (SSSR count). The molecule has 1 aliphatic rings. The van der Waals surface area contributed by atoms with Gasteiger partial charge in [-0.15, -0.1) is 0 Å². The second-order valence-electron chi connectivity index (χ2n) is 4.43. The van der Waals surface area contributed by atoms with Gasteiger partial charge >= 0.3 is 0 Å². The van der Waals surface area contributed by atoms with E-state index in [1.165, 1.54) is 0 Å². The van der Waals surface area contributed by atoms with Gasteiger partial charge in [0.05, 0.1) is 11.1 Å². The number of benzene rings is 2. The first-order valence-corrected chi connectivity index (χ1v) is 6.10. The van der Waals surface area contributed by atoms with Crippen molar-refractivity contribution < 1.29 is 14.3 Å². The molecule has 100 valence electrons. The van der Waals surface area contributed by atoms with Crippen LogP contribution in [0.5, 0.6) is 5.75 Å². The number of imide groups is 1. The van der Waals surface area contributed by atoms with Gasteiger partial charge in [0.15, 0.2) is 6.73 Å². The van der Waals surface area contributed by atoms with Crippen LogP contribution in [0, 0.1) is 0 Å². The van der Waals surface area contributed by atoms with Crippen LogP contribution in [0.4, 0.5) is 5.69 Å². The van der Waals surface area contributed by atoms with Gasteiger partial charge in [-0.2, -0.15) is 0 Å². The summed E-state index contributed by atoms with van der Waals surface area (Å²) < 4.78 is 5.45. The van der Waals surface area contributed by atoms with Crippen LogP contribution in [0.25, 0.3) is 0 Å². The molecule has 5 heteroatoms. The number of anilines is 1. The molecule has 0 unspecified atom stereocenters. The molecule has 0 saturated heterocycles. The molecule has 2 amide bonds. The van der Waals surface area contributed by atoms with Gasteiger partial charge in [-0.25, -0.2) is 4.90 Å². The number of carbonyl (C=O) groups is 2. The summed E-state index contributed by atoms with van der Waals surface area (Å²) in [6.45, 7) is -0.129. The van der Waals surface area contributed by atoms with Crippen LogP contribution in [-0.4, -0.2) is 23.4 Å². The molecule has 20 heavy (non-hydrogen) atoms. The van der Waals surface area contributed by atoms with Gasteiger partial charge in [-0.1, -0.05) is 18.2 Å². The largest absolute Gasteiger partial charge is 0.472 e. The van der Waals surface area contributed by atoms with Crippen molar-refractivity contribution in [2.45, 2.75) is 0 Å². The minimum atomic E-state index is -0.338. The maximum absolute atomic E-state index is 12.1. The summed E-state index contributed by atoms with van der Waals surface area (Å²) in [7, 11) is 0. The van der Waals surface area contributed by atoms with E-state index in [-0.39, 0.29) is 18.5 Å². The Labute approximate surface area is 115 Å². The van der Waals surface area contributed by atoms with E-state index in [0.29, 0.717) is 22.6 Å². The van der Waals surface area contributed by atoms with Gasteiger partial charge in [0, 0.05) is 11.8 Å². The molecule has 1 heterocycles. The zero-order valence-corrected chi connectivity index (χ0v) is 10.6. The van der Waals surface area contributed by atoms with E-state index < -0.39 is 0 Å². The Hall–Kier alpha value is -2.82. The minimum absolute atomic E-state index is 0.129. The Balaban J connectivity index is 1.77. The number of nitrogens with zero attached hydrogens (tertiary/aromatic N) is 1. The highest BCUT2D eigenvalue weighted by atomic mass is 16.5. The molecule has 2 aromatic carbocycles.